The molecule has 0 aromatic heterocycles. The zero-order valence-corrected chi connectivity index (χ0v) is 9.14. The molecule has 1 aromatic rings. The molecule has 5 nitrogen and oxygen atoms in total. The predicted molar refractivity (Wildman–Crippen MR) is 67.5 cm³/mol. The molecular weight excluding hydrogens is 204 g/mol. The van der Waals surface area contributed by atoms with E-state index in [2.05, 4.69) is 4.99 Å². The van der Waals surface area contributed by atoms with Gasteiger partial charge in [-0.05, 0) is 24.6 Å². The smallest absolute Gasteiger partial charge is 0.0837 e. The summed E-state index contributed by atoms with van der Waals surface area (Å²) >= 11 is 0. The maximum Gasteiger partial charge on any atom is 0.0837 e. The third-order valence-corrected chi connectivity index (χ3v) is 2.10. The fraction of sp³-hybridized carbons (Fsp3) is 0.182. The molecule has 0 heterocycles. The molecule has 0 amide bonds. The Bertz CT molecular complexity index is 412. The fourth-order valence-corrected chi connectivity index (χ4v) is 1.24. The number of nitrogens with one attached hydrogen (secondary N) is 1. The van der Waals surface area contributed by atoms with Crippen molar-refractivity contribution < 1.29 is 5.21 Å². The van der Waals surface area contributed by atoms with Gasteiger partial charge in [-0.2, -0.15) is 0 Å². The second kappa shape index (κ2) is 5.77. The Balaban J connectivity index is 3.07. The van der Waals surface area contributed by atoms with Crippen LogP contribution in [0, 0.1) is 0 Å². The van der Waals surface area contributed by atoms with Crippen LogP contribution in [-0.2, 0) is 0 Å². The first-order valence-corrected chi connectivity index (χ1v) is 4.94. The number of hydrogen-bond donors (Lipinski definition) is 4. The van der Waals surface area contributed by atoms with E-state index in [1.54, 1.807) is 18.3 Å². The average molecular weight is 220 g/mol. The van der Waals surface area contributed by atoms with Gasteiger partial charge in [0.05, 0.1) is 11.4 Å². The molecule has 0 fully saturated rings. The summed E-state index contributed by atoms with van der Waals surface area (Å²) in [5.41, 5.74) is 15.7. The summed E-state index contributed by atoms with van der Waals surface area (Å²) in [6, 6.07) is 5.21. The zero-order chi connectivity index (χ0) is 12.0. The summed E-state index contributed by atoms with van der Waals surface area (Å²) < 4.78 is 0. The highest BCUT2D eigenvalue weighted by Gasteiger charge is 2.02. The van der Waals surface area contributed by atoms with Crippen molar-refractivity contribution in [2.75, 3.05) is 17.8 Å². The number of hydrogen-bond acceptors (Lipinski definition) is 5. The molecular formula is C11H16N4O. The van der Waals surface area contributed by atoms with Gasteiger partial charge in [-0.15, -0.1) is 0 Å². The number of rotatable bonds is 4. The van der Waals surface area contributed by atoms with E-state index in [-0.39, 0.29) is 0 Å². The zero-order valence-electron chi connectivity index (χ0n) is 9.14. The molecule has 5 heteroatoms. The first kappa shape index (κ1) is 12.1. The lowest BCUT2D eigenvalue weighted by Crippen LogP contribution is -1.99. The topological polar surface area (TPSA) is 96.7 Å². The van der Waals surface area contributed by atoms with Crippen molar-refractivity contribution in [3.8, 4) is 0 Å². The number of benzene rings is 1. The van der Waals surface area contributed by atoms with Gasteiger partial charge in [-0.1, -0.05) is 6.07 Å². The van der Waals surface area contributed by atoms with Gasteiger partial charge in [0, 0.05) is 24.5 Å². The number of anilines is 2. The minimum absolute atomic E-state index is 0.446. The standard InChI is InChI=1S/C11H16N4O/c1-2-14-7-9(6-12)8-3-4-10(13)11(5-8)15-16/h3-7,15-16H,2,12-13H2,1H3. The van der Waals surface area contributed by atoms with Crippen LogP contribution in [0.5, 0.6) is 0 Å². The molecule has 1 aromatic carbocycles. The Morgan fingerprint density at radius 3 is 2.88 bits per heavy atom. The summed E-state index contributed by atoms with van der Waals surface area (Å²) in [4.78, 5) is 4.11. The Kier molecular flexibility index (Phi) is 4.35. The van der Waals surface area contributed by atoms with E-state index in [0.29, 0.717) is 17.9 Å². The fourth-order valence-electron chi connectivity index (χ4n) is 1.24. The maximum atomic E-state index is 8.86. The van der Waals surface area contributed by atoms with Crippen LogP contribution in [-0.4, -0.2) is 18.0 Å². The van der Waals surface area contributed by atoms with Gasteiger partial charge in [0.1, 0.15) is 0 Å². The number of nitrogen functional groups attached to an aromatic ring is 1. The van der Waals surface area contributed by atoms with Crippen LogP contribution in [0.3, 0.4) is 0 Å². The molecule has 0 saturated heterocycles. The van der Waals surface area contributed by atoms with E-state index in [4.69, 9.17) is 16.7 Å². The summed E-state index contributed by atoms with van der Waals surface area (Å²) in [5, 5.41) is 8.86. The van der Waals surface area contributed by atoms with Crippen molar-refractivity contribution in [3.63, 3.8) is 0 Å². The quantitative estimate of drug-likeness (QED) is 0.351. The molecule has 6 N–H and O–H groups in total. The van der Waals surface area contributed by atoms with Gasteiger partial charge in [-0.3, -0.25) is 15.7 Å². The lowest BCUT2D eigenvalue weighted by molar-refractivity contribution is 0.389. The normalized spacial score (nSPS) is 12.0. The van der Waals surface area contributed by atoms with Crippen molar-refractivity contribution in [3.05, 3.63) is 30.0 Å². The maximum absolute atomic E-state index is 8.86. The summed E-state index contributed by atoms with van der Waals surface area (Å²) in [6.45, 7) is 2.63. The molecule has 0 aliphatic carbocycles. The van der Waals surface area contributed by atoms with E-state index in [0.717, 1.165) is 11.1 Å². The number of nitrogens with zero attached hydrogens (tertiary/aromatic N) is 1. The molecule has 1 rings (SSSR count). The van der Waals surface area contributed by atoms with Crippen molar-refractivity contribution in [1.29, 1.82) is 0 Å². The SMILES string of the molecule is CCN=CC(=CN)c1ccc(N)c(NO)c1. The van der Waals surface area contributed by atoms with Crippen molar-refractivity contribution in [1.82, 2.24) is 0 Å². The Morgan fingerprint density at radius 2 is 2.31 bits per heavy atom. The van der Waals surface area contributed by atoms with Crippen LogP contribution in [0.25, 0.3) is 5.57 Å². The molecule has 0 bridgehead atoms. The highest BCUT2D eigenvalue weighted by Crippen LogP contribution is 2.22. The molecule has 0 saturated carbocycles. The molecule has 0 aliphatic rings. The average Bonchev–Trinajstić information content (AvgIpc) is 2.32. The van der Waals surface area contributed by atoms with Crippen LogP contribution in [0.2, 0.25) is 0 Å². The molecule has 16 heavy (non-hydrogen) atoms. The molecule has 0 atom stereocenters. The first-order valence-electron chi connectivity index (χ1n) is 4.94. The van der Waals surface area contributed by atoms with Crippen LogP contribution in [0.1, 0.15) is 12.5 Å². The van der Waals surface area contributed by atoms with Crippen LogP contribution in [0.4, 0.5) is 11.4 Å². The van der Waals surface area contributed by atoms with Gasteiger partial charge in [-0.25, -0.2) is 0 Å². The highest BCUT2D eigenvalue weighted by molar-refractivity contribution is 6.10. The van der Waals surface area contributed by atoms with Crippen LogP contribution < -0.4 is 16.9 Å². The largest absolute Gasteiger partial charge is 0.404 e. The summed E-state index contributed by atoms with van der Waals surface area (Å²) in [7, 11) is 0. The van der Waals surface area contributed by atoms with E-state index >= 15 is 0 Å². The Hall–Kier alpha value is -2.01. The molecule has 0 unspecified atom stereocenters. The van der Waals surface area contributed by atoms with E-state index in [1.807, 2.05) is 18.5 Å². The number of nitrogens with two attached hydrogens (primary N) is 2. The number of allylic oxidation sites excluding steroid dienone is 1. The van der Waals surface area contributed by atoms with E-state index < -0.39 is 0 Å². The third-order valence-electron chi connectivity index (χ3n) is 2.10. The van der Waals surface area contributed by atoms with E-state index in [1.165, 1.54) is 6.20 Å². The lowest BCUT2D eigenvalue weighted by Gasteiger charge is -2.07. The van der Waals surface area contributed by atoms with Gasteiger partial charge in [0.25, 0.3) is 0 Å². The Morgan fingerprint density at radius 1 is 1.56 bits per heavy atom. The first-order chi connectivity index (χ1) is 7.72. The Labute approximate surface area is 94.4 Å². The van der Waals surface area contributed by atoms with Gasteiger partial charge in [0.2, 0.25) is 0 Å². The van der Waals surface area contributed by atoms with Gasteiger partial charge >= 0.3 is 0 Å². The minimum atomic E-state index is 0.446. The van der Waals surface area contributed by atoms with Crippen LogP contribution in [0.15, 0.2) is 29.4 Å². The lowest BCUT2D eigenvalue weighted by atomic mass is 10.1. The summed E-state index contributed by atoms with van der Waals surface area (Å²) in [6.07, 6.45) is 3.15. The van der Waals surface area contributed by atoms with Crippen molar-refractivity contribution >= 4 is 23.2 Å². The third kappa shape index (κ3) is 2.74. The predicted octanol–water partition coefficient (Wildman–Crippen LogP) is 1.46. The van der Waals surface area contributed by atoms with Crippen LogP contribution >= 0.6 is 0 Å². The van der Waals surface area contributed by atoms with Gasteiger partial charge in [0.15, 0.2) is 0 Å². The molecule has 86 valence electrons. The monoisotopic (exact) mass is 220 g/mol. The van der Waals surface area contributed by atoms with E-state index in [9.17, 15) is 0 Å². The number of aliphatic imine (C=N–C) groups is 1. The van der Waals surface area contributed by atoms with Gasteiger partial charge < -0.3 is 11.5 Å². The molecule has 0 spiro atoms. The molecule has 0 aliphatic heterocycles. The van der Waals surface area contributed by atoms with Crippen molar-refractivity contribution in [2.24, 2.45) is 10.7 Å². The molecule has 0 radical (unpaired) electrons. The van der Waals surface area contributed by atoms with Crippen molar-refractivity contribution in [2.45, 2.75) is 6.92 Å². The highest BCUT2D eigenvalue weighted by atomic mass is 16.5. The summed E-state index contributed by atoms with van der Waals surface area (Å²) in [5.74, 6) is 0. The second-order valence-electron chi connectivity index (χ2n) is 3.16. The second-order valence-corrected chi connectivity index (χ2v) is 3.16. The minimum Gasteiger partial charge on any atom is -0.404 e.